The summed E-state index contributed by atoms with van der Waals surface area (Å²) in [6.07, 6.45) is -0.482. The highest BCUT2D eigenvalue weighted by molar-refractivity contribution is 5.94. The zero-order valence-electron chi connectivity index (χ0n) is 15.9. The average molecular weight is 388 g/mol. The monoisotopic (exact) mass is 388 g/mol. The van der Waals surface area contributed by atoms with Crippen LogP contribution in [-0.4, -0.2) is 30.0 Å². The van der Waals surface area contributed by atoms with Gasteiger partial charge >= 0.3 is 6.36 Å². The molecule has 0 saturated heterocycles. The largest absolute Gasteiger partial charge is 0.573 e. The number of nitrogens with one attached hydrogen (secondary N) is 2. The molecule has 0 heterocycles. The molecule has 2 unspecified atom stereocenters. The van der Waals surface area contributed by atoms with Gasteiger partial charge in [0.2, 0.25) is 0 Å². The van der Waals surface area contributed by atoms with Gasteiger partial charge in [0.25, 0.3) is 5.91 Å². The summed E-state index contributed by atoms with van der Waals surface area (Å²) in [4.78, 5) is 18.0. The smallest absolute Gasteiger partial charge is 0.406 e. The summed E-state index contributed by atoms with van der Waals surface area (Å²) >= 11 is 0. The Bertz CT molecular complexity index is 629. The second-order valence-electron chi connectivity index (χ2n) is 7.78. The van der Waals surface area contributed by atoms with E-state index in [9.17, 15) is 18.0 Å². The molecule has 2 rings (SSSR count). The molecule has 5 nitrogen and oxygen atoms in total. The number of rotatable bonds is 5. The Morgan fingerprint density at radius 3 is 2.41 bits per heavy atom. The van der Waals surface area contributed by atoms with Crippen molar-refractivity contribution in [1.82, 2.24) is 10.8 Å². The first-order chi connectivity index (χ1) is 12.5. The normalized spacial score (nSPS) is 21.4. The van der Waals surface area contributed by atoms with Gasteiger partial charge in [0.15, 0.2) is 0 Å². The lowest BCUT2D eigenvalue weighted by molar-refractivity contribution is -0.274. The standard InChI is InChI=1S/C19H27F3N2O3/c1-18(2,3)27-24-15-8-5-7-14(10-11-15)23-17(25)13-6-4-9-16(12-13)26-19(20,21)22/h4,6,9,12,14-15,24H,5,7-8,10-11H2,1-3H3,(H,23,25). The van der Waals surface area contributed by atoms with Gasteiger partial charge in [-0.1, -0.05) is 6.07 Å². The van der Waals surface area contributed by atoms with Gasteiger partial charge in [0, 0.05) is 17.6 Å². The first kappa shape index (κ1) is 21.5. The van der Waals surface area contributed by atoms with Gasteiger partial charge in [-0.15, -0.1) is 13.2 Å². The highest BCUT2D eigenvalue weighted by Crippen LogP contribution is 2.24. The van der Waals surface area contributed by atoms with E-state index >= 15 is 0 Å². The Morgan fingerprint density at radius 2 is 1.74 bits per heavy atom. The van der Waals surface area contributed by atoms with Crippen LogP contribution in [0.4, 0.5) is 13.2 Å². The Hall–Kier alpha value is -1.80. The molecule has 2 N–H and O–H groups in total. The molecule has 1 fully saturated rings. The molecular formula is C19H27F3N2O3. The topological polar surface area (TPSA) is 59.6 Å². The zero-order valence-corrected chi connectivity index (χ0v) is 15.9. The third kappa shape index (κ3) is 8.17. The van der Waals surface area contributed by atoms with Crippen molar-refractivity contribution in [3.05, 3.63) is 29.8 Å². The molecule has 152 valence electrons. The lowest BCUT2D eigenvalue weighted by Crippen LogP contribution is -2.37. The van der Waals surface area contributed by atoms with Crippen molar-refractivity contribution in [2.45, 2.75) is 76.9 Å². The van der Waals surface area contributed by atoms with Crippen molar-refractivity contribution in [2.24, 2.45) is 0 Å². The summed E-state index contributed by atoms with van der Waals surface area (Å²) < 4.78 is 40.8. The molecule has 0 radical (unpaired) electrons. The van der Waals surface area contributed by atoms with E-state index in [2.05, 4.69) is 15.5 Å². The lowest BCUT2D eigenvalue weighted by Gasteiger charge is -2.24. The van der Waals surface area contributed by atoms with Crippen molar-refractivity contribution in [3.8, 4) is 5.75 Å². The van der Waals surface area contributed by atoms with Crippen LogP contribution in [0.3, 0.4) is 0 Å². The number of ether oxygens (including phenoxy) is 1. The molecule has 1 aromatic carbocycles. The number of amides is 1. The molecule has 8 heteroatoms. The van der Waals surface area contributed by atoms with Gasteiger partial charge in [0.1, 0.15) is 5.75 Å². The van der Waals surface area contributed by atoms with Gasteiger partial charge in [-0.05, 0) is 71.1 Å². The van der Waals surface area contributed by atoms with E-state index in [1.165, 1.54) is 18.2 Å². The average Bonchev–Trinajstić information content (AvgIpc) is 2.76. The summed E-state index contributed by atoms with van der Waals surface area (Å²) in [6.45, 7) is 5.91. The van der Waals surface area contributed by atoms with Crippen molar-refractivity contribution in [2.75, 3.05) is 0 Å². The van der Waals surface area contributed by atoms with Crippen molar-refractivity contribution < 1.29 is 27.5 Å². The molecule has 0 bridgehead atoms. The zero-order chi connectivity index (χ0) is 20.1. The number of hydroxylamine groups is 1. The highest BCUT2D eigenvalue weighted by atomic mass is 19.4. The van der Waals surface area contributed by atoms with Crippen LogP contribution in [-0.2, 0) is 4.84 Å². The van der Waals surface area contributed by atoms with E-state index in [1.807, 2.05) is 20.8 Å². The fourth-order valence-corrected chi connectivity index (χ4v) is 2.93. The van der Waals surface area contributed by atoms with E-state index in [0.717, 1.165) is 38.2 Å². The van der Waals surface area contributed by atoms with Crippen LogP contribution < -0.4 is 15.5 Å². The summed E-state index contributed by atoms with van der Waals surface area (Å²) in [5.74, 6) is -0.801. The van der Waals surface area contributed by atoms with Crippen molar-refractivity contribution in [3.63, 3.8) is 0 Å². The molecule has 0 spiro atoms. The Kier molecular flexibility index (Phi) is 7.11. The van der Waals surface area contributed by atoms with Gasteiger partial charge < -0.3 is 10.1 Å². The van der Waals surface area contributed by atoms with Crippen LogP contribution in [0.2, 0.25) is 0 Å². The molecule has 1 aliphatic carbocycles. The van der Waals surface area contributed by atoms with Crippen LogP contribution in [0.5, 0.6) is 5.75 Å². The number of halogens is 3. The Balaban J connectivity index is 1.88. The molecule has 1 aromatic rings. The van der Waals surface area contributed by atoms with Crippen LogP contribution in [0.25, 0.3) is 0 Å². The molecular weight excluding hydrogens is 361 g/mol. The fraction of sp³-hybridized carbons (Fsp3) is 0.632. The summed E-state index contributed by atoms with van der Waals surface area (Å²) in [6, 6.07) is 5.30. The fourth-order valence-electron chi connectivity index (χ4n) is 2.93. The maximum Gasteiger partial charge on any atom is 0.573 e. The van der Waals surface area contributed by atoms with E-state index in [-0.39, 0.29) is 23.2 Å². The number of alkyl halides is 3. The van der Waals surface area contributed by atoms with E-state index in [1.54, 1.807) is 0 Å². The number of hydrogen-bond acceptors (Lipinski definition) is 4. The van der Waals surface area contributed by atoms with Gasteiger partial charge in [-0.25, -0.2) is 0 Å². The predicted molar refractivity (Wildman–Crippen MR) is 95.2 cm³/mol. The third-order valence-electron chi connectivity index (χ3n) is 4.17. The minimum Gasteiger partial charge on any atom is -0.406 e. The van der Waals surface area contributed by atoms with Crippen LogP contribution in [0.15, 0.2) is 24.3 Å². The molecule has 0 aromatic heterocycles. The summed E-state index contributed by atoms with van der Waals surface area (Å²) in [5.41, 5.74) is 2.97. The van der Waals surface area contributed by atoms with E-state index < -0.39 is 18.0 Å². The molecule has 27 heavy (non-hydrogen) atoms. The van der Waals surface area contributed by atoms with Crippen molar-refractivity contribution in [1.29, 1.82) is 0 Å². The first-order valence-electron chi connectivity index (χ1n) is 9.12. The van der Waals surface area contributed by atoms with Crippen LogP contribution in [0.1, 0.15) is 63.2 Å². The van der Waals surface area contributed by atoms with Crippen LogP contribution in [0, 0.1) is 0 Å². The lowest BCUT2D eigenvalue weighted by atomic mass is 10.1. The highest BCUT2D eigenvalue weighted by Gasteiger charge is 2.31. The quantitative estimate of drug-likeness (QED) is 0.582. The van der Waals surface area contributed by atoms with Crippen molar-refractivity contribution >= 4 is 5.91 Å². The maximum atomic E-state index is 12.4. The Labute approximate surface area is 157 Å². The number of benzene rings is 1. The molecule has 1 saturated carbocycles. The number of hydrogen-bond donors (Lipinski definition) is 2. The molecule has 1 aliphatic rings. The minimum absolute atomic E-state index is 0.0221. The van der Waals surface area contributed by atoms with Gasteiger partial charge in [0.05, 0.1) is 5.60 Å². The Morgan fingerprint density at radius 1 is 1.07 bits per heavy atom. The van der Waals surface area contributed by atoms with Gasteiger partial charge in [-0.2, -0.15) is 5.48 Å². The predicted octanol–water partition coefficient (Wildman–Crippen LogP) is 4.34. The maximum absolute atomic E-state index is 12.4. The number of carbonyl (C=O) groups excluding carboxylic acids is 1. The van der Waals surface area contributed by atoms with Gasteiger partial charge in [-0.3, -0.25) is 9.63 Å². The second-order valence-corrected chi connectivity index (χ2v) is 7.78. The SMILES string of the molecule is CC(C)(C)ONC1CCCC(NC(=O)c2cccc(OC(F)(F)F)c2)CC1. The minimum atomic E-state index is -4.78. The third-order valence-corrected chi connectivity index (χ3v) is 4.17. The van der Waals surface area contributed by atoms with Crippen LogP contribution >= 0.6 is 0 Å². The molecule has 1 amide bonds. The molecule has 2 atom stereocenters. The first-order valence-corrected chi connectivity index (χ1v) is 9.12. The second kappa shape index (κ2) is 8.93. The molecule has 0 aliphatic heterocycles. The summed E-state index contributed by atoms with van der Waals surface area (Å²) in [7, 11) is 0. The summed E-state index contributed by atoms with van der Waals surface area (Å²) in [5, 5.41) is 2.91. The van der Waals surface area contributed by atoms with E-state index in [4.69, 9.17) is 4.84 Å². The number of carbonyl (C=O) groups is 1. The van der Waals surface area contributed by atoms with E-state index in [0.29, 0.717) is 0 Å².